The highest BCUT2D eigenvalue weighted by molar-refractivity contribution is 9.10. The molecule has 26 heavy (non-hydrogen) atoms. The van der Waals surface area contributed by atoms with Gasteiger partial charge in [0.2, 0.25) is 0 Å². The first-order valence-electron chi connectivity index (χ1n) is 8.15. The van der Waals surface area contributed by atoms with E-state index in [4.69, 9.17) is 0 Å². The van der Waals surface area contributed by atoms with E-state index in [1.54, 1.807) is 11.1 Å². The van der Waals surface area contributed by atoms with Gasteiger partial charge in [0, 0.05) is 48.6 Å². The first-order chi connectivity index (χ1) is 12.3. The second kappa shape index (κ2) is 6.45. The average molecular weight is 431 g/mol. The molecule has 9 heteroatoms. The highest BCUT2D eigenvalue weighted by Gasteiger charge is 2.46. The lowest BCUT2D eigenvalue weighted by molar-refractivity contribution is -0.138. The van der Waals surface area contributed by atoms with Gasteiger partial charge in [-0.2, -0.15) is 13.2 Å². The second-order valence-corrected chi connectivity index (χ2v) is 7.56. The maximum absolute atomic E-state index is 14.2. The predicted molar refractivity (Wildman–Crippen MR) is 91.1 cm³/mol. The van der Waals surface area contributed by atoms with Gasteiger partial charge in [0.1, 0.15) is 0 Å². The highest BCUT2D eigenvalue weighted by Crippen LogP contribution is 2.39. The lowest BCUT2D eigenvalue weighted by Crippen LogP contribution is -2.69. The molecule has 2 aromatic heterocycles. The molecule has 0 aliphatic carbocycles. The molecule has 3 fully saturated rings. The fraction of sp³-hybridized carbons (Fsp3) is 0.412. The van der Waals surface area contributed by atoms with E-state index in [9.17, 15) is 17.6 Å². The number of rotatable bonds is 3. The summed E-state index contributed by atoms with van der Waals surface area (Å²) in [5.41, 5.74) is -0.118. The fourth-order valence-electron chi connectivity index (χ4n) is 3.68. The van der Waals surface area contributed by atoms with Crippen LogP contribution in [0.3, 0.4) is 0 Å². The third-order valence-electron chi connectivity index (χ3n) is 4.84. The zero-order valence-corrected chi connectivity index (χ0v) is 15.1. The zero-order valence-electron chi connectivity index (χ0n) is 13.5. The number of alkyl halides is 3. The normalized spacial score (nSPS) is 23.0. The number of piperazine rings is 1. The van der Waals surface area contributed by atoms with Crippen LogP contribution in [0.4, 0.5) is 23.4 Å². The van der Waals surface area contributed by atoms with Gasteiger partial charge in [0.25, 0.3) is 0 Å². The van der Waals surface area contributed by atoms with E-state index in [1.807, 2.05) is 12.1 Å². The van der Waals surface area contributed by atoms with Gasteiger partial charge < -0.3 is 4.90 Å². The highest BCUT2D eigenvalue weighted by atomic mass is 79.9. The Morgan fingerprint density at radius 3 is 2.42 bits per heavy atom. The van der Waals surface area contributed by atoms with E-state index in [-0.39, 0.29) is 17.9 Å². The SMILES string of the molecule is Fc1cc(C(F)(F)F)cnc1N1C2CC1CN(Cc1ccc(Br)cn1)C2. The Labute approximate surface area is 156 Å². The number of pyridine rings is 2. The maximum Gasteiger partial charge on any atom is 0.417 e. The van der Waals surface area contributed by atoms with Crippen LogP contribution in [0.15, 0.2) is 35.1 Å². The van der Waals surface area contributed by atoms with Gasteiger partial charge in [-0.3, -0.25) is 9.88 Å². The molecule has 5 rings (SSSR count). The molecule has 4 nitrogen and oxygen atoms in total. The Balaban J connectivity index is 1.45. The number of hydrogen-bond acceptors (Lipinski definition) is 4. The molecule has 0 aromatic carbocycles. The minimum Gasteiger partial charge on any atom is -0.345 e. The molecule has 0 amide bonds. The molecular formula is C17H15BrF4N4. The van der Waals surface area contributed by atoms with Crippen molar-refractivity contribution in [3.05, 3.63) is 52.1 Å². The van der Waals surface area contributed by atoms with Gasteiger partial charge >= 0.3 is 6.18 Å². The third kappa shape index (κ3) is 3.29. The van der Waals surface area contributed by atoms with Crippen molar-refractivity contribution >= 4 is 21.7 Å². The molecule has 3 saturated heterocycles. The molecule has 2 aromatic rings. The van der Waals surface area contributed by atoms with Crippen LogP contribution in [0.2, 0.25) is 0 Å². The van der Waals surface area contributed by atoms with Gasteiger partial charge in [-0.1, -0.05) is 0 Å². The van der Waals surface area contributed by atoms with Crippen molar-refractivity contribution < 1.29 is 17.6 Å². The first-order valence-corrected chi connectivity index (χ1v) is 8.94. The van der Waals surface area contributed by atoms with Crippen LogP contribution >= 0.6 is 15.9 Å². The number of halogens is 5. The molecule has 0 saturated carbocycles. The summed E-state index contributed by atoms with van der Waals surface area (Å²) in [5, 5.41) is 0. The topological polar surface area (TPSA) is 32.3 Å². The molecule has 5 heterocycles. The Hall–Kier alpha value is -1.74. The molecule has 0 N–H and O–H groups in total. The fourth-order valence-corrected chi connectivity index (χ4v) is 3.91. The Kier molecular flexibility index (Phi) is 4.38. The Morgan fingerprint density at radius 2 is 1.85 bits per heavy atom. The van der Waals surface area contributed by atoms with Crippen molar-refractivity contribution in [1.82, 2.24) is 14.9 Å². The van der Waals surface area contributed by atoms with E-state index in [2.05, 4.69) is 30.8 Å². The molecule has 3 aliphatic rings. The van der Waals surface area contributed by atoms with Gasteiger partial charge in [0.05, 0.1) is 11.3 Å². The number of aromatic nitrogens is 2. The predicted octanol–water partition coefficient (Wildman–Crippen LogP) is 3.86. The van der Waals surface area contributed by atoms with Crippen molar-refractivity contribution in [2.45, 2.75) is 31.2 Å². The van der Waals surface area contributed by atoms with E-state index in [0.29, 0.717) is 31.9 Å². The number of piperidine rings is 1. The first kappa shape index (κ1) is 17.7. The molecule has 0 spiro atoms. The quantitative estimate of drug-likeness (QED) is 0.692. The largest absolute Gasteiger partial charge is 0.417 e. The van der Waals surface area contributed by atoms with Gasteiger partial charge in [-0.15, -0.1) is 0 Å². The average Bonchev–Trinajstić information content (AvgIpc) is 2.58. The summed E-state index contributed by atoms with van der Waals surface area (Å²) < 4.78 is 53.1. The van der Waals surface area contributed by atoms with Crippen LogP contribution < -0.4 is 4.90 Å². The Morgan fingerprint density at radius 1 is 1.12 bits per heavy atom. The van der Waals surface area contributed by atoms with E-state index in [1.165, 1.54) is 0 Å². The summed E-state index contributed by atoms with van der Waals surface area (Å²) in [4.78, 5) is 12.2. The minimum absolute atomic E-state index is 0.0145. The summed E-state index contributed by atoms with van der Waals surface area (Å²) in [6.07, 6.45) is -1.25. The molecule has 138 valence electrons. The standard InChI is InChI=1S/C17H15BrF4N4/c18-11-1-2-12(23-6-11)7-25-8-13-4-14(9-25)26(13)16-15(19)3-10(5-24-16)17(20,21)22/h1-3,5-6,13-14H,4,7-9H2. The van der Waals surface area contributed by atoms with E-state index < -0.39 is 17.6 Å². The molecule has 2 bridgehead atoms. The monoisotopic (exact) mass is 430 g/mol. The molecule has 2 unspecified atom stereocenters. The number of nitrogens with zero attached hydrogens (tertiary/aromatic N) is 4. The van der Waals surface area contributed by atoms with Gasteiger partial charge in [-0.25, -0.2) is 9.37 Å². The van der Waals surface area contributed by atoms with Crippen molar-refractivity contribution in [3.63, 3.8) is 0 Å². The van der Waals surface area contributed by atoms with Crippen LogP contribution in [0.25, 0.3) is 0 Å². The molecule has 3 aliphatic heterocycles. The van der Waals surface area contributed by atoms with E-state index >= 15 is 0 Å². The molecule has 2 atom stereocenters. The lowest BCUT2D eigenvalue weighted by atomic mass is 9.87. The summed E-state index contributed by atoms with van der Waals surface area (Å²) in [7, 11) is 0. The van der Waals surface area contributed by atoms with Gasteiger partial charge in [-0.05, 0) is 40.5 Å². The van der Waals surface area contributed by atoms with Crippen LogP contribution in [-0.4, -0.2) is 40.0 Å². The molecule has 0 radical (unpaired) electrons. The summed E-state index contributed by atoms with van der Waals surface area (Å²) >= 11 is 3.35. The lowest BCUT2D eigenvalue weighted by Gasteiger charge is -2.57. The number of hydrogen-bond donors (Lipinski definition) is 0. The van der Waals surface area contributed by atoms with Gasteiger partial charge in [0.15, 0.2) is 11.6 Å². The van der Waals surface area contributed by atoms with Crippen LogP contribution in [0.5, 0.6) is 0 Å². The van der Waals surface area contributed by atoms with Crippen LogP contribution in [0, 0.1) is 5.82 Å². The Bertz CT molecular complexity index is 799. The summed E-state index contributed by atoms with van der Waals surface area (Å²) in [5.74, 6) is -0.904. The van der Waals surface area contributed by atoms with Crippen molar-refractivity contribution in [2.24, 2.45) is 0 Å². The van der Waals surface area contributed by atoms with Crippen molar-refractivity contribution in [1.29, 1.82) is 0 Å². The molecular weight excluding hydrogens is 416 g/mol. The van der Waals surface area contributed by atoms with Crippen LogP contribution in [0.1, 0.15) is 17.7 Å². The smallest absolute Gasteiger partial charge is 0.345 e. The summed E-state index contributed by atoms with van der Waals surface area (Å²) in [6.45, 7) is 2.10. The van der Waals surface area contributed by atoms with Crippen molar-refractivity contribution in [2.75, 3.05) is 18.0 Å². The van der Waals surface area contributed by atoms with E-state index in [0.717, 1.165) is 16.6 Å². The third-order valence-corrected chi connectivity index (χ3v) is 5.31. The van der Waals surface area contributed by atoms with Crippen LogP contribution in [-0.2, 0) is 12.7 Å². The zero-order chi connectivity index (χ0) is 18.5. The summed E-state index contributed by atoms with van der Waals surface area (Å²) in [6, 6.07) is 4.52. The number of anilines is 1. The van der Waals surface area contributed by atoms with Crippen molar-refractivity contribution in [3.8, 4) is 0 Å². The minimum atomic E-state index is -4.59. The maximum atomic E-state index is 14.2. The second-order valence-electron chi connectivity index (χ2n) is 6.64. The number of fused-ring (bicyclic) bond motifs is 2.